The van der Waals surface area contributed by atoms with Gasteiger partial charge < -0.3 is 4.74 Å². The molecule has 37 heavy (non-hydrogen) atoms. The van der Waals surface area contributed by atoms with E-state index in [0.29, 0.717) is 23.3 Å². The number of carbonyl (C=O) groups is 1. The lowest BCUT2D eigenvalue weighted by molar-refractivity contribution is -0.146. The number of aromatic nitrogens is 1. The fraction of sp³-hybridized carbons (Fsp3) is 0.429. The first-order valence-corrected chi connectivity index (χ1v) is 14.1. The molecular weight excluding hydrogens is 493 g/mol. The van der Waals surface area contributed by atoms with Gasteiger partial charge in [-0.05, 0) is 73.4 Å². The number of allylic oxidation sites excluding steroid dienone is 1. The van der Waals surface area contributed by atoms with Crippen molar-refractivity contribution in [2.75, 3.05) is 13.7 Å². The van der Waals surface area contributed by atoms with Crippen molar-refractivity contribution < 1.29 is 22.3 Å². The number of rotatable bonds is 6. The summed E-state index contributed by atoms with van der Waals surface area (Å²) in [6, 6.07) is 9.81. The van der Waals surface area contributed by atoms with Crippen molar-refractivity contribution in [1.82, 2.24) is 15.0 Å². The number of nitrogens with zero attached hydrogens (tertiary/aromatic N) is 1. The molecule has 0 amide bonds. The van der Waals surface area contributed by atoms with Crippen molar-refractivity contribution in [2.45, 2.75) is 55.6 Å². The molecule has 1 aromatic carbocycles. The van der Waals surface area contributed by atoms with E-state index in [1.165, 1.54) is 21.0 Å². The van der Waals surface area contributed by atoms with Crippen LogP contribution in [0.3, 0.4) is 0 Å². The zero-order valence-corrected chi connectivity index (χ0v) is 21.9. The molecule has 1 saturated carbocycles. The molecule has 1 aromatic heterocycles. The minimum atomic E-state index is -4.11. The molecule has 7 nitrogen and oxygen atoms in total. The third kappa shape index (κ3) is 3.86. The number of fused-ring (bicyclic) bond motifs is 3. The van der Waals surface area contributed by atoms with E-state index in [1.807, 2.05) is 36.4 Å². The molecule has 6 rings (SSSR count). The van der Waals surface area contributed by atoms with Crippen LogP contribution in [0.1, 0.15) is 61.1 Å². The van der Waals surface area contributed by atoms with Crippen LogP contribution in [-0.2, 0) is 19.6 Å². The average Bonchev–Trinajstić information content (AvgIpc) is 3.66. The number of ether oxygens (including phenoxy) is 1. The fourth-order valence-electron chi connectivity index (χ4n) is 5.97. The molecule has 1 fully saturated rings. The van der Waals surface area contributed by atoms with E-state index in [-0.39, 0.29) is 6.54 Å². The molecule has 194 valence electrons. The minimum absolute atomic E-state index is 0.367. The summed E-state index contributed by atoms with van der Waals surface area (Å²) >= 11 is 0. The lowest BCUT2D eigenvalue weighted by Crippen LogP contribution is -2.63. The summed E-state index contributed by atoms with van der Waals surface area (Å²) in [5.74, 6) is -0.723. The van der Waals surface area contributed by atoms with Gasteiger partial charge in [0.25, 0.3) is 0 Å². The molecule has 3 aliphatic carbocycles. The third-order valence-corrected chi connectivity index (χ3v) is 9.40. The van der Waals surface area contributed by atoms with Gasteiger partial charge in [-0.3, -0.25) is 15.1 Å². The Labute approximate surface area is 215 Å². The maximum Gasteiger partial charge on any atom is 0.311 e. The summed E-state index contributed by atoms with van der Waals surface area (Å²) < 4.78 is 49.7. The van der Waals surface area contributed by atoms with Gasteiger partial charge in [0.05, 0.1) is 23.9 Å². The fourth-order valence-corrected chi connectivity index (χ4v) is 7.55. The second-order valence-electron chi connectivity index (χ2n) is 11.0. The lowest BCUT2D eigenvalue weighted by atomic mass is 9.68. The van der Waals surface area contributed by atoms with Gasteiger partial charge in [0.15, 0.2) is 5.37 Å². The standard InChI is InChI=1S/C28H30FN3O4S/c1-27(2,29)15-31-37(34,35)25-21-14-17(16-6-7-16)8-10-20(21)23-24-18(5-4-12-30-24)13-19-9-11-22(26(33)36-3)28(19,23)32-25/h4-5,8-10,12-14,16,22,25,31-32H,6-7,11,15H2,1-3H3. The van der Waals surface area contributed by atoms with Gasteiger partial charge in [-0.25, -0.2) is 17.5 Å². The monoisotopic (exact) mass is 523 g/mol. The predicted molar refractivity (Wildman–Crippen MR) is 138 cm³/mol. The van der Waals surface area contributed by atoms with Crippen LogP contribution in [0, 0.1) is 5.92 Å². The highest BCUT2D eigenvalue weighted by atomic mass is 32.2. The predicted octanol–water partition coefficient (Wildman–Crippen LogP) is 2.08. The SMILES string of the molecule is COC(=O)C1CC=C2C=c3cccnc3=C3c4ccc(C5CC5)cc4C(S(=O)(=O)NCC(C)(C)F)NC231. The maximum atomic E-state index is 14.4. The first-order valence-electron chi connectivity index (χ1n) is 12.6. The highest BCUT2D eigenvalue weighted by molar-refractivity contribution is 7.89. The van der Waals surface area contributed by atoms with Crippen LogP contribution in [0.2, 0.25) is 0 Å². The van der Waals surface area contributed by atoms with Crippen molar-refractivity contribution in [3.63, 3.8) is 0 Å². The number of benzene rings is 1. The third-order valence-electron chi connectivity index (χ3n) is 7.86. The van der Waals surface area contributed by atoms with E-state index in [4.69, 9.17) is 9.72 Å². The summed E-state index contributed by atoms with van der Waals surface area (Å²) in [4.78, 5) is 17.9. The minimum Gasteiger partial charge on any atom is -0.469 e. The van der Waals surface area contributed by atoms with Crippen LogP contribution < -0.4 is 20.6 Å². The molecule has 0 saturated heterocycles. The Hall–Kier alpha value is -2.88. The van der Waals surface area contributed by atoms with Gasteiger partial charge in [-0.15, -0.1) is 0 Å². The smallest absolute Gasteiger partial charge is 0.311 e. The number of hydrogen-bond acceptors (Lipinski definition) is 6. The van der Waals surface area contributed by atoms with Gasteiger partial charge in [0.2, 0.25) is 10.0 Å². The largest absolute Gasteiger partial charge is 0.469 e. The Morgan fingerprint density at radius 2 is 2.08 bits per heavy atom. The molecule has 3 atom stereocenters. The van der Waals surface area contributed by atoms with Gasteiger partial charge >= 0.3 is 5.97 Å². The van der Waals surface area contributed by atoms with Gasteiger partial charge in [-0.1, -0.05) is 30.3 Å². The number of hydrogen-bond donors (Lipinski definition) is 2. The Morgan fingerprint density at radius 3 is 2.78 bits per heavy atom. The van der Waals surface area contributed by atoms with Gasteiger partial charge in [-0.2, -0.15) is 0 Å². The Bertz CT molecular complexity index is 1570. The van der Waals surface area contributed by atoms with E-state index >= 15 is 0 Å². The van der Waals surface area contributed by atoms with E-state index in [9.17, 15) is 17.6 Å². The zero-order chi connectivity index (χ0) is 26.2. The lowest BCUT2D eigenvalue weighted by Gasteiger charge is -2.47. The molecule has 2 N–H and O–H groups in total. The molecule has 3 unspecified atom stereocenters. The summed E-state index contributed by atoms with van der Waals surface area (Å²) in [6.07, 6.45) is 8.15. The van der Waals surface area contributed by atoms with E-state index in [2.05, 4.69) is 16.1 Å². The Kier molecular flexibility index (Phi) is 5.49. The molecule has 1 spiro atoms. The van der Waals surface area contributed by atoms with Crippen LogP contribution in [0.4, 0.5) is 4.39 Å². The molecule has 0 radical (unpaired) electrons. The van der Waals surface area contributed by atoms with Crippen molar-refractivity contribution in [2.24, 2.45) is 5.92 Å². The average molecular weight is 524 g/mol. The first-order chi connectivity index (χ1) is 17.5. The molecular formula is C28H30FN3O4S. The van der Waals surface area contributed by atoms with E-state index < -0.39 is 38.5 Å². The van der Waals surface area contributed by atoms with E-state index in [0.717, 1.165) is 40.3 Å². The van der Waals surface area contributed by atoms with Crippen LogP contribution in [0.5, 0.6) is 0 Å². The first kappa shape index (κ1) is 24.5. The summed E-state index contributed by atoms with van der Waals surface area (Å²) in [5.41, 5.74) is 1.09. The molecule has 4 aliphatic rings. The van der Waals surface area contributed by atoms with Crippen molar-refractivity contribution in [1.29, 1.82) is 0 Å². The van der Waals surface area contributed by atoms with E-state index in [1.54, 1.807) is 6.20 Å². The summed E-state index contributed by atoms with van der Waals surface area (Å²) in [5, 5.41) is 3.81. The van der Waals surface area contributed by atoms with Crippen LogP contribution in [0.15, 0.2) is 48.2 Å². The van der Waals surface area contributed by atoms with Crippen molar-refractivity contribution in [3.05, 3.63) is 75.4 Å². The number of methoxy groups -OCH3 is 1. The van der Waals surface area contributed by atoms with Crippen LogP contribution >= 0.6 is 0 Å². The summed E-state index contributed by atoms with van der Waals surface area (Å²) in [7, 11) is -2.77. The quantitative estimate of drug-likeness (QED) is 0.563. The van der Waals surface area contributed by atoms with Gasteiger partial charge in [0.1, 0.15) is 5.67 Å². The number of pyridine rings is 1. The van der Waals surface area contributed by atoms with Crippen LogP contribution in [0.25, 0.3) is 11.6 Å². The second-order valence-corrected chi connectivity index (χ2v) is 12.8. The Balaban J connectivity index is 1.64. The Morgan fingerprint density at radius 1 is 1.30 bits per heavy atom. The number of alkyl halides is 1. The number of sulfonamides is 1. The van der Waals surface area contributed by atoms with Crippen molar-refractivity contribution in [3.8, 4) is 0 Å². The summed E-state index contributed by atoms with van der Waals surface area (Å²) in [6.45, 7) is 2.29. The topological polar surface area (TPSA) is 97.4 Å². The molecule has 2 heterocycles. The second kappa shape index (κ2) is 8.31. The molecule has 2 aromatic rings. The number of carbonyl (C=O) groups excluding carboxylic acids is 1. The van der Waals surface area contributed by atoms with Crippen molar-refractivity contribution >= 4 is 27.6 Å². The maximum absolute atomic E-state index is 14.4. The number of esters is 1. The molecule has 9 heteroatoms. The zero-order valence-electron chi connectivity index (χ0n) is 21.0. The molecule has 0 bridgehead atoms. The number of halogens is 1. The van der Waals surface area contributed by atoms with Crippen LogP contribution in [-0.4, -0.2) is 44.2 Å². The normalized spacial score (nSPS) is 26.3. The molecule has 1 aliphatic heterocycles. The number of nitrogens with one attached hydrogen (secondary N) is 2. The highest BCUT2D eigenvalue weighted by Gasteiger charge is 2.58. The highest BCUT2D eigenvalue weighted by Crippen LogP contribution is 2.53. The van der Waals surface area contributed by atoms with Gasteiger partial charge in [0, 0.05) is 23.5 Å².